The summed E-state index contributed by atoms with van der Waals surface area (Å²) in [5.74, 6) is 0.148. The predicted molar refractivity (Wildman–Crippen MR) is 51.4 cm³/mol. The molecule has 72 valence electrons. The van der Waals surface area contributed by atoms with Crippen molar-refractivity contribution in [2.45, 2.75) is 33.1 Å². The molecule has 1 saturated carbocycles. The minimum Gasteiger partial charge on any atom is -0.297 e. The molecule has 0 bridgehead atoms. The van der Waals surface area contributed by atoms with E-state index in [1.807, 2.05) is 13.8 Å². The summed E-state index contributed by atoms with van der Waals surface area (Å²) in [6.45, 7) is 3.79. The van der Waals surface area contributed by atoms with Gasteiger partial charge in [0.15, 0.2) is 5.78 Å². The molecule has 0 spiro atoms. The molecule has 0 saturated heterocycles. The fourth-order valence-electron chi connectivity index (χ4n) is 1.97. The highest BCUT2D eigenvalue weighted by atomic mass is 35.5. The lowest BCUT2D eigenvalue weighted by Crippen LogP contribution is -2.44. The van der Waals surface area contributed by atoms with Gasteiger partial charge in [0.1, 0.15) is 5.41 Å². The van der Waals surface area contributed by atoms with E-state index in [0.717, 1.165) is 12.8 Å². The molecule has 1 fully saturated rings. The first-order chi connectivity index (χ1) is 5.98. The Morgan fingerprint density at radius 3 is 2.54 bits per heavy atom. The highest BCUT2D eigenvalue weighted by molar-refractivity contribution is 6.20. The van der Waals surface area contributed by atoms with Gasteiger partial charge in [-0.1, -0.05) is 20.3 Å². The second kappa shape index (κ2) is 3.31. The predicted octanol–water partition coefficient (Wildman–Crippen LogP) is 2.51. The molecular formula is C10H14ClNO. The van der Waals surface area contributed by atoms with Gasteiger partial charge in [0, 0.05) is 11.3 Å². The Kier molecular flexibility index (Phi) is 2.68. The van der Waals surface area contributed by atoms with Crippen LogP contribution in [0.5, 0.6) is 0 Å². The molecule has 1 unspecified atom stereocenters. The molecule has 3 heteroatoms. The highest BCUT2D eigenvalue weighted by Gasteiger charge is 2.48. The van der Waals surface area contributed by atoms with E-state index in [9.17, 15) is 4.79 Å². The highest BCUT2D eigenvalue weighted by Crippen LogP contribution is 2.43. The fraction of sp³-hybridized carbons (Fsp3) is 0.800. The molecule has 1 aliphatic carbocycles. The van der Waals surface area contributed by atoms with Crippen molar-refractivity contribution in [1.82, 2.24) is 0 Å². The number of hydrogen-bond donors (Lipinski definition) is 0. The Bertz CT molecular complexity index is 267. The maximum absolute atomic E-state index is 11.9. The van der Waals surface area contributed by atoms with Crippen LogP contribution in [0, 0.1) is 22.2 Å². The van der Waals surface area contributed by atoms with Gasteiger partial charge >= 0.3 is 0 Å². The first-order valence-corrected chi connectivity index (χ1v) is 5.04. The number of nitriles is 1. The van der Waals surface area contributed by atoms with Crippen LogP contribution in [0.3, 0.4) is 0 Å². The van der Waals surface area contributed by atoms with E-state index >= 15 is 0 Å². The normalized spacial score (nSPS) is 32.6. The summed E-state index contributed by atoms with van der Waals surface area (Å²) in [4.78, 5) is 11.9. The number of halogens is 1. The van der Waals surface area contributed by atoms with Crippen LogP contribution in [0.1, 0.15) is 33.1 Å². The number of Topliss-reactive ketones (excluding diaryl/α,β-unsaturated/α-hetero) is 1. The molecule has 0 radical (unpaired) electrons. The standard InChI is InChI=1S/C10H14ClNO/c1-9(2)4-3-5-10(6-11,7-12)8(9)13/h3-6H2,1-2H3. The van der Waals surface area contributed by atoms with E-state index < -0.39 is 5.41 Å². The van der Waals surface area contributed by atoms with Crippen molar-refractivity contribution in [3.05, 3.63) is 0 Å². The first kappa shape index (κ1) is 10.5. The lowest BCUT2D eigenvalue weighted by atomic mass is 9.64. The maximum atomic E-state index is 11.9. The van der Waals surface area contributed by atoms with E-state index in [1.165, 1.54) is 0 Å². The molecule has 0 aliphatic heterocycles. The van der Waals surface area contributed by atoms with E-state index in [-0.39, 0.29) is 17.1 Å². The van der Waals surface area contributed by atoms with Gasteiger partial charge in [-0.25, -0.2) is 0 Å². The summed E-state index contributed by atoms with van der Waals surface area (Å²) in [6.07, 6.45) is 2.40. The van der Waals surface area contributed by atoms with Crippen LogP contribution >= 0.6 is 11.6 Å². The summed E-state index contributed by atoms with van der Waals surface area (Å²) >= 11 is 5.72. The third-order valence-electron chi connectivity index (χ3n) is 2.90. The Labute approximate surface area is 83.9 Å². The third-order valence-corrected chi connectivity index (χ3v) is 3.35. The summed E-state index contributed by atoms with van der Waals surface area (Å²) in [6, 6.07) is 2.09. The van der Waals surface area contributed by atoms with Crippen LogP contribution in [0.4, 0.5) is 0 Å². The summed E-state index contributed by atoms with van der Waals surface area (Å²) in [7, 11) is 0. The number of alkyl halides is 1. The summed E-state index contributed by atoms with van der Waals surface area (Å²) in [5, 5.41) is 8.99. The van der Waals surface area contributed by atoms with Gasteiger partial charge in [0.2, 0.25) is 0 Å². The molecule has 0 amide bonds. The molecule has 0 aromatic carbocycles. The van der Waals surface area contributed by atoms with Crippen LogP contribution in [-0.2, 0) is 4.79 Å². The minimum absolute atomic E-state index is 0.0174. The van der Waals surface area contributed by atoms with E-state index in [0.29, 0.717) is 6.42 Å². The zero-order valence-electron chi connectivity index (χ0n) is 8.06. The average Bonchev–Trinajstić information content (AvgIpc) is 2.10. The molecule has 13 heavy (non-hydrogen) atoms. The van der Waals surface area contributed by atoms with Crippen LogP contribution in [0.25, 0.3) is 0 Å². The SMILES string of the molecule is CC1(C)CCCC(C#N)(CCl)C1=O. The van der Waals surface area contributed by atoms with Gasteiger partial charge in [-0.2, -0.15) is 5.26 Å². The summed E-state index contributed by atoms with van der Waals surface area (Å²) in [5.41, 5.74) is -1.29. The molecule has 1 atom stereocenters. The van der Waals surface area contributed by atoms with Crippen LogP contribution < -0.4 is 0 Å². The molecule has 2 nitrogen and oxygen atoms in total. The van der Waals surface area contributed by atoms with Crippen LogP contribution in [0.2, 0.25) is 0 Å². The smallest absolute Gasteiger partial charge is 0.159 e. The van der Waals surface area contributed by atoms with Crippen molar-refractivity contribution in [1.29, 1.82) is 5.26 Å². The van der Waals surface area contributed by atoms with E-state index in [2.05, 4.69) is 6.07 Å². The van der Waals surface area contributed by atoms with E-state index in [4.69, 9.17) is 16.9 Å². The van der Waals surface area contributed by atoms with Crippen molar-refractivity contribution in [2.75, 3.05) is 5.88 Å². The molecule has 0 heterocycles. The number of hydrogen-bond acceptors (Lipinski definition) is 2. The van der Waals surface area contributed by atoms with Crippen molar-refractivity contribution in [3.63, 3.8) is 0 Å². The average molecular weight is 200 g/mol. The number of carbonyl (C=O) groups excluding carboxylic acids is 1. The maximum Gasteiger partial charge on any atom is 0.159 e. The first-order valence-electron chi connectivity index (χ1n) is 4.51. The quantitative estimate of drug-likeness (QED) is 0.609. The van der Waals surface area contributed by atoms with Crippen molar-refractivity contribution < 1.29 is 4.79 Å². The van der Waals surface area contributed by atoms with Gasteiger partial charge in [0.05, 0.1) is 6.07 Å². The van der Waals surface area contributed by atoms with Crippen molar-refractivity contribution in [2.24, 2.45) is 10.8 Å². The molecule has 0 N–H and O–H groups in total. The molecular weight excluding hydrogens is 186 g/mol. The number of rotatable bonds is 1. The van der Waals surface area contributed by atoms with Gasteiger partial charge in [-0.15, -0.1) is 11.6 Å². The Hall–Kier alpha value is -0.550. The second-order valence-corrected chi connectivity index (χ2v) is 4.66. The molecule has 1 aliphatic rings. The lowest BCUT2D eigenvalue weighted by molar-refractivity contribution is -0.137. The van der Waals surface area contributed by atoms with Gasteiger partial charge in [-0.05, 0) is 12.8 Å². The number of ketones is 1. The van der Waals surface area contributed by atoms with Gasteiger partial charge in [0.25, 0.3) is 0 Å². The second-order valence-electron chi connectivity index (χ2n) is 4.39. The van der Waals surface area contributed by atoms with Crippen LogP contribution in [0.15, 0.2) is 0 Å². The summed E-state index contributed by atoms with van der Waals surface area (Å²) < 4.78 is 0. The van der Waals surface area contributed by atoms with Gasteiger partial charge < -0.3 is 0 Å². The minimum atomic E-state index is -0.913. The molecule has 0 aromatic heterocycles. The Morgan fingerprint density at radius 2 is 2.15 bits per heavy atom. The molecule has 0 aromatic rings. The van der Waals surface area contributed by atoms with E-state index in [1.54, 1.807) is 0 Å². The lowest BCUT2D eigenvalue weighted by Gasteiger charge is -2.37. The number of nitrogens with zero attached hydrogens (tertiary/aromatic N) is 1. The van der Waals surface area contributed by atoms with Crippen LogP contribution in [-0.4, -0.2) is 11.7 Å². The number of carbonyl (C=O) groups is 1. The fourth-order valence-corrected chi connectivity index (χ4v) is 2.29. The topological polar surface area (TPSA) is 40.9 Å². The third kappa shape index (κ3) is 1.58. The van der Waals surface area contributed by atoms with Crippen molar-refractivity contribution >= 4 is 17.4 Å². The zero-order chi connectivity index (χ0) is 10.1. The zero-order valence-corrected chi connectivity index (χ0v) is 8.82. The Balaban J connectivity index is 3.01. The largest absolute Gasteiger partial charge is 0.297 e. The molecule has 1 rings (SSSR count). The van der Waals surface area contributed by atoms with Gasteiger partial charge in [-0.3, -0.25) is 4.79 Å². The Morgan fingerprint density at radius 1 is 1.54 bits per heavy atom. The monoisotopic (exact) mass is 199 g/mol. The van der Waals surface area contributed by atoms with Crippen molar-refractivity contribution in [3.8, 4) is 6.07 Å².